The molecule has 6 nitrogen and oxygen atoms in total. The molecular weight excluding hydrogens is 404 g/mol. The summed E-state index contributed by atoms with van der Waals surface area (Å²) in [6, 6.07) is 17.2. The molecule has 6 heteroatoms. The minimum absolute atomic E-state index is 0.0404. The van der Waals surface area contributed by atoms with Gasteiger partial charge in [-0.15, -0.1) is 0 Å². The van der Waals surface area contributed by atoms with Crippen molar-refractivity contribution in [3.63, 3.8) is 0 Å². The summed E-state index contributed by atoms with van der Waals surface area (Å²) < 4.78 is 5.53. The van der Waals surface area contributed by atoms with Crippen molar-refractivity contribution in [3.8, 4) is 5.75 Å². The molecule has 32 heavy (non-hydrogen) atoms. The van der Waals surface area contributed by atoms with Gasteiger partial charge in [0.15, 0.2) is 0 Å². The van der Waals surface area contributed by atoms with Crippen LogP contribution in [0, 0.1) is 13.8 Å². The number of hydrogen-bond acceptors (Lipinski definition) is 5. The van der Waals surface area contributed by atoms with E-state index in [0.29, 0.717) is 22.6 Å². The van der Waals surface area contributed by atoms with E-state index in [1.54, 1.807) is 36.5 Å². The van der Waals surface area contributed by atoms with E-state index in [4.69, 9.17) is 4.74 Å². The molecule has 2 heterocycles. The summed E-state index contributed by atoms with van der Waals surface area (Å²) in [6.45, 7) is 4.03. The Labute approximate surface area is 186 Å². The van der Waals surface area contributed by atoms with Gasteiger partial charge in [0.2, 0.25) is 0 Å². The highest BCUT2D eigenvalue weighted by Gasteiger charge is 2.47. The van der Waals surface area contributed by atoms with E-state index in [1.807, 2.05) is 44.2 Å². The first-order chi connectivity index (χ1) is 15.4. The Morgan fingerprint density at radius 1 is 1.03 bits per heavy atom. The number of carbonyl (C=O) groups is 2. The van der Waals surface area contributed by atoms with Gasteiger partial charge >= 0.3 is 0 Å². The number of aryl methyl sites for hydroxylation is 2. The number of Topliss-reactive ketones (excluding diaryl/α,β-unsaturated/α-hetero) is 1. The van der Waals surface area contributed by atoms with Gasteiger partial charge in [-0.2, -0.15) is 0 Å². The van der Waals surface area contributed by atoms with E-state index in [0.717, 1.165) is 11.1 Å². The number of ketones is 1. The molecule has 0 radical (unpaired) electrons. The van der Waals surface area contributed by atoms with Crippen molar-refractivity contribution in [3.05, 3.63) is 100 Å². The lowest BCUT2D eigenvalue weighted by Crippen LogP contribution is -2.29. The summed E-state index contributed by atoms with van der Waals surface area (Å²) in [5.74, 6) is -1.09. The predicted molar refractivity (Wildman–Crippen MR) is 121 cm³/mol. The van der Waals surface area contributed by atoms with E-state index < -0.39 is 17.7 Å². The molecule has 1 saturated heterocycles. The zero-order chi connectivity index (χ0) is 22.8. The van der Waals surface area contributed by atoms with Crippen LogP contribution in [0.25, 0.3) is 5.76 Å². The number of aromatic nitrogens is 1. The SMILES string of the molecule is COc1ccccc1C1/C(=C(\O)c2ccc(C)c(C)c2)C(=O)C(=O)N1Cc1ccccn1. The first-order valence-electron chi connectivity index (χ1n) is 10.3. The molecule has 1 aromatic heterocycles. The van der Waals surface area contributed by atoms with Gasteiger partial charge in [0, 0.05) is 17.3 Å². The number of amides is 1. The van der Waals surface area contributed by atoms with Crippen LogP contribution < -0.4 is 4.74 Å². The molecule has 0 spiro atoms. The number of ether oxygens (including phenoxy) is 1. The Hall–Kier alpha value is -3.93. The Morgan fingerprint density at radius 3 is 2.47 bits per heavy atom. The van der Waals surface area contributed by atoms with Crippen LogP contribution in [0.5, 0.6) is 5.75 Å². The van der Waals surface area contributed by atoms with Crippen molar-refractivity contribution >= 4 is 17.4 Å². The number of likely N-dealkylation sites (tertiary alicyclic amines) is 1. The van der Waals surface area contributed by atoms with Crippen LogP contribution in [0.15, 0.2) is 72.4 Å². The molecule has 1 amide bonds. The summed E-state index contributed by atoms with van der Waals surface area (Å²) >= 11 is 0. The van der Waals surface area contributed by atoms with Crippen LogP contribution in [-0.2, 0) is 16.1 Å². The molecule has 1 N–H and O–H groups in total. The van der Waals surface area contributed by atoms with E-state index in [2.05, 4.69) is 4.98 Å². The highest BCUT2D eigenvalue weighted by Crippen LogP contribution is 2.43. The molecule has 2 aromatic carbocycles. The standard InChI is InChI=1S/C26H24N2O4/c1-16-11-12-18(14-17(16)2)24(29)22-23(20-9-4-5-10-21(20)32-3)28(26(31)25(22)30)15-19-8-6-7-13-27-19/h4-14,23,29H,15H2,1-3H3/b24-22+. The van der Waals surface area contributed by atoms with Gasteiger partial charge in [0.25, 0.3) is 11.7 Å². The van der Waals surface area contributed by atoms with E-state index >= 15 is 0 Å². The minimum Gasteiger partial charge on any atom is -0.507 e. The van der Waals surface area contributed by atoms with Gasteiger partial charge in [-0.3, -0.25) is 14.6 Å². The molecule has 162 valence electrons. The lowest BCUT2D eigenvalue weighted by atomic mass is 9.93. The molecule has 0 bridgehead atoms. The van der Waals surface area contributed by atoms with Gasteiger partial charge in [0.1, 0.15) is 11.5 Å². The number of aliphatic hydroxyl groups is 1. The Balaban J connectivity index is 1.91. The smallest absolute Gasteiger partial charge is 0.296 e. The monoisotopic (exact) mass is 428 g/mol. The van der Waals surface area contributed by atoms with Gasteiger partial charge in [0.05, 0.1) is 31.0 Å². The van der Waals surface area contributed by atoms with E-state index in [9.17, 15) is 14.7 Å². The van der Waals surface area contributed by atoms with Crippen LogP contribution in [0.2, 0.25) is 0 Å². The molecule has 1 atom stereocenters. The summed E-state index contributed by atoms with van der Waals surface area (Å²) in [4.78, 5) is 32.1. The van der Waals surface area contributed by atoms with Crippen molar-refractivity contribution in [1.29, 1.82) is 0 Å². The second-order valence-electron chi connectivity index (χ2n) is 7.79. The second-order valence-corrected chi connectivity index (χ2v) is 7.79. The van der Waals surface area contributed by atoms with Gasteiger partial charge in [-0.1, -0.05) is 36.4 Å². The van der Waals surface area contributed by atoms with Crippen LogP contribution >= 0.6 is 0 Å². The number of carbonyl (C=O) groups excluding carboxylic acids is 2. The Bertz CT molecular complexity index is 1220. The summed E-state index contributed by atoms with van der Waals surface area (Å²) in [7, 11) is 1.53. The molecule has 1 aliphatic heterocycles. The highest BCUT2D eigenvalue weighted by molar-refractivity contribution is 6.46. The van der Waals surface area contributed by atoms with Crippen LogP contribution in [-0.4, -0.2) is 33.8 Å². The number of pyridine rings is 1. The number of para-hydroxylation sites is 1. The zero-order valence-corrected chi connectivity index (χ0v) is 18.2. The number of nitrogens with zero attached hydrogens (tertiary/aromatic N) is 2. The fourth-order valence-corrected chi connectivity index (χ4v) is 3.97. The van der Waals surface area contributed by atoms with E-state index in [-0.39, 0.29) is 17.9 Å². The largest absolute Gasteiger partial charge is 0.507 e. The number of methoxy groups -OCH3 is 1. The zero-order valence-electron chi connectivity index (χ0n) is 18.2. The van der Waals surface area contributed by atoms with Crippen LogP contribution in [0.3, 0.4) is 0 Å². The van der Waals surface area contributed by atoms with E-state index in [1.165, 1.54) is 12.0 Å². The van der Waals surface area contributed by atoms with Crippen molar-refractivity contribution in [2.75, 3.05) is 7.11 Å². The number of aliphatic hydroxyl groups excluding tert-OH is 1. The molecule has 1 fully saturated rings. The number of rotatable bonds is 5. The van der Waals surface area contributed by atoms with Gasteiger partial charge in [-0.05, 0) is 49.2 Å². The van der Waals surface area contributed by atoms with Crippen LogP contribution in [0.1, 0.15) is 34.0 Å². The number of hydrogen-bond donors (Lipinski definition) is 1. The highest BCUT2D eigenvalue weighted by atomic mass is 16.5. The Morgan fingerprint density at radius 2 is 1.78 bits per heavy atom. The topological polar surface area (TPSA) is 79.7 Å². The fourth-order valence-electron chi connectivity index (χ4n) is 3.97. The van der Waals surface area contributed by atoms with Crippen molar-refractivity contribution in [2.24, 2.45) is 0 Å². The molecule has 3 aromatic rings. The molecule has 1 unspecified atom stereocenters. The second kappa shape index (κ2) is 8.67. The van der Waals surface area contributed by atoms with Crippen molar-refractivity contribution in [1.82, 2.24) is 9.88 Å². The average molecular weight is 428 g/mol. The van der Waals surface area contributed by atoms with Gasteiger partial charge in [-0.25, -0.2) is 0 Å². The van der Waals surface area contributed by atoms with Crippen LogP contribution in [0.4, 0.5) is 0 Å². The first-order valence-corrected chi connectivity index (χ1v) is 10.3. The molecule has 0 saturated carbocycles. The fraction of sp³-hybridized carbons (Fsp3) is 0.192. The molecule has 1 aliphatic rings. The van der Waals surface area contributed by atoms with Crippen molar-refractivity contribution in [2.45, 2.75) is 26.4 Å². The maximum atomic E-state index is 13.2. The first kappa shape index (κ1) is 21.3. The lowest BCUT2D eigenvalue weighted by Gasteiger charge is -2.26. The molecule has 4 rings (SSSR count). The maximum absolute atomic E-state index is 13.2. The quantitative estimate of drug-likeness (QED) is 0.372. The third kappa shape index (κ3) is 3.75. The molecule has 0 aliphatic carbocycles. The van der Waals surface area contributed by atoms with Gasteiger partial charge < -0.3 is 14.7 Å². The minimum atomic E-state index is -0.810. The maximum Gasteiger partial charge on any atom is 0.296 e. The summed E-state index contributed by atoms with van der Waals surface area (Å²) in [6.07, 6.45) is 1.64. The average Bonchev–Trinajstić information content (AvgIpc) is 3.05. The normalized spacial score (nSPS) is 17.6. The predicted octanol–water partition coefficient (Wildman–Crippen LogP) is 4.33. The van der Waals surface area contributed by atoms with Crippen molar-refractivity contribution < 1.29 is 19.4 Å². The third-order valence-corrected chi connectivity index (χ3v) is 5.81. The molecular formula is C26H24N2O4. The lowest BCUT2D eigenvalue weighted by molar-refractivity contribution is -0.140. The summed E-state index contributed by atoms with van der Waals surface area (Å²) in [5, 5.41) is 11.2. The Kier molecular flexibility index (Phi) is 5.77. The third-order valence-electron chi connectivity index (χ3n) is 5.81. The number of benzene rings is 2. The summed E-state index contributed by atoms with van der Waals surface area (Å²) in [5.41, 5.74) is 3.84.